The summed E-state index contributed by atoms with van der Waals surface area (Å²) in [5, 5.41) is 12.3. The van der Waals surface area contributed by atoms with Gasteiger partial charge in [-0.25, -0.2) is 4.98 Å². The fraction of sp³-hybridized carbons (Fsp3) is 0.625. The van der Waals surface area contributed by atoms with E-state index in [0.29, 0.717) is 0 Å². The molecule has 5 heteroatoms. The minimum atomic E-state index is 0.166. The fourth-order valence-corrected chi connectivity index (χ4v) is 3.30. The Hall–Kier alpha value is -1.78. The summed E-state index contributed by atoms with van der Waals surface area (Å²) in [4.78, 5) is 7.15. The van der Waals surface area contributed by atoms with Crippen LogP contribution in [-0.4, -0.2) is 29.1 Å². The molecule has 2 aliphatic carbocycles. The third kappa shape index (κ3) is 2.69. The molecule has 0 amide bonds. The number of amidine groups is 1. The number of fused-ring (bicyclic) bond motifs is 1. The van der Waals surface area contributed by atoms with Crippen LogP contribution in [0.25, 0.3) is 0 Å². The molecule has 3 rings (SSSR count). The van der Waals surface area contributed by atoms with Crippen LogP contribution in [0, 0.1) is 5.92 Å². The van der Waals surface area contributed by atoms with Crippen LogP contribution < -0.4 is 10.6 Å². The molecule has 0 unspecified atom stereocenters. The van der Waals surface area contributed by atoms with Crippen LogP contribution in [0.15, 0.2) is 11.2 Å². The van der Waals surface area contributed by atoms with Gasteiger partial charge in [-0.05, 0) is 56.6 Å². The van der Waals surface area contributed by atoms with E-state index < -0.39 is 0 Å². The molecule has 3 N–H and O–H groups in total. The van der Waals surface area contributed by atoms with Crippen molar-refractivity contribution >= 4 is 11.7 Å². The second-order valence-corrected chi connectivity index (χ2v) is 6.14. The Morgan fingerprint density at radius 2 is 2.24 bits per heavy atom. The first kappa shape index (κ1) is 14.2. The van der Waals surface area contributed by atoms with Crippen LogP contribution in [0.5, 0.6) is 0 Å². The molecule has 2 aliphatic rings. The number of aromatic nitrogens is 1. The maximum absolute atomic E-state index is 9.07. The molecule has 114 valence electrons. The van der Waals surface area contributed by atoms with Crippen LogP contribution in [0.2, 0.25) is 0 Å². The fourth-order valence-electron chi connectivity index (χ4n) is 3.30. The predicted octanol–water partition coefficient (Wildman–Crippen LogP) is 2.29. The molecule has 1 fully saturated rings. The van der Waals surface area contributed by atoms with Gasteiger partial charge >= 0.3 is 0 Å². The summed E-state index contributed by atoms with van der Waals surface area (Å²) in [6, 6.07) is 2.07. The van der Waals surface area contributed by atoms with Crippen LogP contribution in [0.4, 0.5) is 5.82 Å². The average molecular weight is 288 g/mol. The minimum absolute atomic E-state index is 0.166. The second-order valence-electron chi connectivity index (χ2n) is 6.14. The molecule has 1 heterocycles. The van der Waals surface area contributed by atoms with E-state index in [2.05, 4.69) is 23.0 Å². The third-order valence-corrected chi connectivity index (χ3v) is 4.80. The Balaban J connectivity index is 1.97. The summed E-state index contributed by atoms with van der Waals surface area (Å²) in [6.45, 7) is 4.06. The van der Waals surface area contributed by atoms with E-state index in [1.807, 2.05) is 0 Å². The lowest BCUT2D eigenvalue weighted by molar-refractivity contribution is 0.317. The van der Waals surface area contributed by atoms with Gasteiger partial charge in [0.05, 0.1) is 5.56 Å². The average Bonchev–Trinajstić information content (AvgIpc) is 2.91. The van der Waals surface area contributed by atoms with Crippen LogP contribution in [-0.2, 0) is 12.8 Å². The number of nitrogens with zero attached hydrogens (tertiary/aromatic N) is 3. The lowest BCUT2D eigenvalue weighted by Gasteiger charge is -2.33. The van der Waals surface area contributed by atoms with Crippen LogP contribution in [0.3, 0.4) is 0 Å². The molecule has 0 spiro atoms. The number of pyridine rings is 1. The summed E-state index contributed by atoms with van der Waals surface area (Å²) in [5.74, 6) is 1.82. The van der Waals surface area contributed by atoms with Crippen molar-refractivity contribution in [3.8, 4) is 0 Å². The summed E-state index contributed by atoms with van der Waals surface area (Å²) >= 11 is 0. The lowest BCUT2D eigenvalue weighted by Crippen LogP contribution is -2.35. The highest BCUT2D eigenvalue weighted by molar-refractivity contribution is 6.01. The van der Waals surface area contributed by atoms with E-state index in [4.69, 9.17) is 15.9 Å². The topological polar surface area (TPSA) is 74.7 Å². The Bertz CT molecular complexity index is 551. The number of hydrogen-bond donors (Lipinski definition) is 2. The zero-order valence-electron chi connectivity index (χ0n) is 12.7. The normalized spacial score (nSPS) is 18.4. The highest BCUT2D eigenvalue weighted by atomic mass is 16.4. The van der Waals surface area contributed by atoms with E-state index in [1.54, 1.807) is 0 Å². The smallest absolute Gasteiger partial charge is 0.173 e. The molecule has 0 aromatic carbocycles. The SMILES string of the molecule is CCN(CC1CCC1)c1nc2c(cc1C(N)=NO)CCC2. The number of hydrogen-bond acceptors (Lipinski definition) is 4. The molecule has 5 nitrogen and oxygen atoms in total. The standard InChI is InChI=1S/C16H24N4O/c1-2-20(10-11-5-3-6-11)16-13(15(17)19-21)9-12-7-4-8-14(12)18-16/h9,11,21H,2-8,10H2,1H3,(H2,17,19). The Kier molecular flexibility index (Phi) is 3.99. The Morgan fingerprint density at radius 1 is 1.43 bits per heavy atom. The molecule has 1 saturated carbocycles. The molecule has 0 saturated heterocycles. The Labute approximate surface area is 125 Å². The van der Waals surface area contributed by atoms with E-state index >= 15 is 0 Å². The van der Waals surface area contributed by atoms with Gasteiger partial charge in [0, 0.05) is 18.8 Å². The minimum Gasteiger partial charge on any atom is -0.409 e. The summed E-state index contributed by atoms with van der Waals surface area (Å²) < 4.78 is 0. The predicted molar refractivity (Wildman–Crippen MR) is 84.0 cm³/mol. The van der Waals surface area contributed by atoms with Crippen molar-refractivity contribution in [2.75, 3.05) is 18.0 Å². The van der Waals surface area contributed by atoms with Crippen molar-refractivity contribution in [1.29, 1.82) is 0 Å². The van der Waals surface area contributed by atoms with E-state index in [9.17, 15) is 0 Å². The molecular weight excluding hydrogens is 264 g/mol. The zero-order chi connectivity index (χ0) is 14.8. The Morgan fingerprint density at radius 3 is 2.86 bits per heavy atom. The van der Waals surface area contributed by atoms with Gasteiger partial charge in [0.2, 0.25) is 0 Å². The second kappa shape index (κ2) is 5.92. The number of rotatable bonds is 5. The molecule has 0 radical (unpaired) electrons. The molecule has 1 aromatic heterocycles. The van der Waals surface area contributed by atoms with E-state index in [0.717, 1.165) is 49.7 Å². The lowest BCUT2D eigenvalue weighted by atomic mass is 9.85. The van der Waals surface area contributed by atoms with Gasteiger partial charge in [-0.15, -0.1) is 0 Å². The van der Waals surface area contributed by atoms with Crippen LogP contribution in [0.1, 0.15) is 49.4 Å². The molecule has 21 heavy (non-hydrogen) atoms. The first-order valence-corrected chi connectivity index (χ1v) is 7.98. The van der Waals surface area contributed by atoms with Gasteiger partial charge in [0.1, 0.15) is 5.82 Å². The maximum Gasteiger partial charge on any atom is 0.173 e. The van der Waals surface area contributed by atoms with Crippen molar-refractivity contribution in [3.05, 3.63) is 22.9 Å². The first-order chi connectivity index (χ1) is 10.2. The first-order valence-electron chi connectivity index (χ1n) is 7.98. The molecule has 0 aliphatic heterocycles. The van der Waals surface area contributed by atoms with Gasteiger partial charge in [-0.2, -0.15) is 0 Å². The van der Waals surface area contributed by atoms with Gasteiger partial charge in [-0.3, -0.25) is 0 Å². The van der Waals surface area contributed by atoms with Gasteiger partial charge < -0.3 is 15.8 Å². The largest absolute Gasteiger partial charge is 0.409 e. The zero-order valence-corrected chi connectivity index (χ0v) is 12.7. The highest BCUT2D eigenvalue weighted by Gasteiger charge is 2.25. The van der Waals surface area contributed by atoms with Gasteiger partial charge in [0.15, 0.2) is 5.84 Å². The van der Waals surface area contributed by atoms with Crippen molar-refractivity contribution in [1.82, 2.24) is 4.98 Å². The van der Waals surface area contributed by atoms with Crippen molar-refractivity contribution in [2.24, 2.45) is 16.8 Å². The number of oxime groups is 1. The summed E-state index contributed by atoms with van der Waals surface area (Å²) in [6.07, 6.45) is 7.19. The monoisotopic (exact) mass is 288 g/mol. The van der Waals surface area contributed by atoms with Gasteiger partial charge in [-0.1, -0.05) is 11.6 Å². The van der Waals surface area contributed by atoms with Crippen molar-refractivity contribution in [3.63, 3.8) is 0 Å². The highest BCUT2D eigenvalue weighted by Crippen LogP contribution is 2.31. The van der Waals surface area contributed by atoms with Crippen molar-refractivity contribution in [2.45, 2.75) is 45.4 Å². The number of anilines is 1. The van der Waals surface area contributed by atoms with Crippen molar-refractivity contribution < 1.29 is 5.21 Å². The molecule has 0 atom stereocenters. The molecule has 0 bridgehead atoms. The molecular formula is C16H24N4O. The maximum atomic E-state index is 9.07. The quantitative estimate of drug-likeness (QED) is 0.377. The third-order valence-electron chi connectivity index (χ3n) is 4.80. The van der Waals surface area contributed by atoms with E-state index in [1.165, 1.54) is 30.5 Å². The summed E-state index contributed by atoms with van der Waals surface area (Å²) in [7, 11) is 0. The van der Waals surface area contributed by atoms with Crippen LogP contribution >= 0.6 is 0 Å². The van der Waals surface area contributed by atoms with E-state index in [-0.39, 0.29) is 5.84 Å². The van der Waals surface area contributed by atoms with Gasteiger partial charge in [0.25, 0.3) is 0 Å². The summed E-state index contributed by atoms with van der Waals surface area (Å²) in [5.41, 5.74) is 9.11. The number of aryl methyl sites for hydroxylation is 2. The number of nitrogens with two attached hydrogens (primary N) is 1. The molecule has 1 aromatic rings.